The van der Waals surface area contributed by atoms with Crippen LogP contribution in [-0.4, -0.2) is 100 Å². The molecule has 0 bridgehead atoms. The summed E-state index contributed by atoms with van der Waals surface area (Å²) in [7, 11) is -2.83. The standard InChI is InChI=1S/C31H38F2N8O5S/c1-6-39(5)47(44,45)38-24-9-8-23(32)25(26(24)33)27(42)22-18-35-28-21(22)14-19(15-34-28)20-16-36-29(37-17-20)40-10-7-11-41(13-12-40)30(43)46-31(2,3)4/h8-9,14-18,30,38,43H,6-7,10-13H2,1-5H3,(H,34,35). The van der Waals surface area contributed by atoms with E-state index in [1.807, 2.05) is 30.6 Å². The fourth-order valence-corrected chi connectivity index (χ4v) is 6.02. The number of aromatic amines is 1. The molecule has 0 spiro atoms. The van der Waals surface area contributed by atoms with Gasteiger partial charge in [-0.1, -0.05) is 6.92 Å². The molecule has 0 amide bonds. The molecule has 13 nitrogen and oxygen atoms in total. The molecule has 0 saturated carbocycles. The average Bonchev–Trinajstić information content (AvgIpc) is 3.28. The summed E-state index contributed by atoms with van der Waals surface area (Å²) in [6, 6.07) is 3.40. The number of ether oxygens (including phenoxy) is 1. The van der Waals surface area contributed by atoms with Gasteiger partial charge in [0.2, 0.25) is 18.1 Å². The number of benzene rings is 1. The van der Waals surface area contributed by atoms with E-state index >= 15 is 4.39 Å². The van der Waals surface area contributed by atoms with Crippen LogP contribution in [0.15, 0.2) is 43.0 Å². The summed E-state index contributed by atoms with van der Waals surface area (Å²) in [6.45, 7) is 9.84. The number of ketones is 1. The minimum absolute atomic E-state index is 0.0536. The minimum Gasteiger partial charge on any atom is -0.356 e. The Morgan fingerprint density at radius 3 is 2.49 bits per heavy atom. The number of halogens is 2. The number of hydrogen-bond acceptors (Lipinski definition) is 10. The Kier molecular flexibility index (Phi) is 9.88. The monoisotopic (exact) mass is 672 g/mol. The summed E-state index contributed by atoms with van der Waals surface area (Å²) in [4.78, 5) is 33.7. The van der Waals surface area contributed by atoms with Crippen LogP contribution in [0, 0.1) is 11.6 Å². The van der Waals surface area contributed by atoms with E-state index < -0.39 is 50.9 Å². The molecule has 1 aromatic carbocycles. The number of nitrogens with one attached hydrogen (secondary N) is 2. The zero-order chi connectivity index (χ0) is 34.1. The lowest BCUT2D eigenvalue weighted by molar-refractivity contribution is -0.237. The lowest BCUT2D eigenvalue weighted by atomic mass is 10.0. The van der Waals surface area contributed by atoms with Crippen LogP contribution in [0.5, 0.6) is 0 Å². The van der Waals surface area contributed by atoms with Gasteiger partial charge in [-0.15, -0.1) is 0 Å². The molecule has 16 heteroatoms. The average molecular weight is 673 g/mol. The highest BCUT2D eigenvalue weighted by Crippen LogP contribution is 2.30. The number of anilines is 2. The third-order valence-corrected chi connectivity index (χ3v) is 9.30. The van der Waals surface area contributed by atoms with Crippen LogP contribution in [0.3, 0.4) is 0 Å². The van der Waals surface area contributed by atoms with Crippen LogP contribution in [-0.2, 0) is 14.9 Å². The van der Waals surface area contributed by atoms with Crippen molar-refractivity contribution in [1.82, 2.24) is 29.1 Å². The van der Waals surface area contributed by atoms with E-state index in [2.05, 4.69) is 24.7 Å². The van der Waals surface area contributed by atoms with Crippen LogP contribution in [0.2, 0.25) is 0 Å². The fraction of sp³-hybridized carbons (Fsp3) is 0.419. The summed E-state index contributed by atoms with van der Waals surface area (Å²) in [5.74, 6) is -2.96. The molecule has 47 heavy (non-hydrogen) atoms. The maximum atomic E-state index is 15.5. The Bertz CT molecular complexity index is 1860. The molecule has 1 saturated heterocycles. The lowest BCUT2D eigenvalue weighted by Gasteiger charge is -2.31. The van der Waals surface area contributed by atoms with Gasteiger partial charge < -0.3 is 19.7 Å². The number of nitrogens with zero attached hydrogens (tertiary/aromatic N) is 6. The van der Waals surface area contributed by atoms with Gasteiger partial charge in [0.25, 0.3) is 0 Å². The van der Waals surface area contributed by atoms with Crippen LogP contribution in [0.1, 0.15) is 50.0 Å². The molecule has 0 radical (unpaired) electrons. The van der Waals surface area contributed by atoms with Crippen LogP contribution >= 0.6 is 0 Å². The van der Waals surface area contributed by atoms with Gasteiger partial charge in [-0.2, -0.15) is 12.7 Å². The second-order valence-corrected chi connectivity index (χ2v) is 13.9. The number of aliphatic hydroxyl groups excluding tert-OH is 1. The SMILES string of the molecule is CCN(C)S(=O)(=O)Nc1ccc(F)c(C(=O)c2c[nH]c3ncc(-c4cnc(N5CCCN(C(O)OC(C)(C)C)CC5)nc4)cc23)c1F. The maximum Gasteiger partial charge on any atom is 0.301 e. The predicted molar refractivity (Wildman–Crippen MR) is 173 cm³/mol. The molecule has 252 valence electrons. The third-order valence-electron chi connectivity index (χ3n) is 7.74. The Labute approximate surface area is 271 Å². The Hall–Kier alpha value is -4.09. The van der Waals surface area contributed by atoms with Gasteiger partial charge in [0.05, 0.1) is 16.9 Å². The quantitative estimate of drug-likeness (QED) is 0.168. The van der Waals surface area contributed by atoms with Crippen molar-refractivity contribution < 1.29 is 31.8 Å². The van der Waals surface area contributed by atoms with Gasteiger partial charge in [-0.3, -0.25) is 14.4 Å². The first-order valence-corrected chi connectivity index (χ1v) is 16.5. The summed E-state index contributed by atoms with van der Waals surface area (Å²) in [5, 5.41) is 10.8. The molecule has 1 fully saturated rings. The maximum absolute atomic E-state index is 15.5. The largest absolute Gasteiger partial charge is 0.356 e. The molecule has 1 aliphatic rings. The van der Waals surface area contributed by atoms with Gasteiger partial charge in [0, 0.05) is 86.6 Å². The first kappa shape index (κ1) is 34.3. The van der Waals surface area contributed by atoms with Crippen LogP contribution in [0.25, 0.3) is 22.2 Å². The summed E-state index contributed by atoms with van der Waals surface area (Å²) < 4.78 is 64.0. The topological polar surface area (TPSA) is 157 Å². The Morgan fingerprint density at radius 2 is 1.81 bits per heavy atom. The number of carbonyl (C=O) groups excluding carboxylic acids is 1. The summed E-state index contributed by atoms with van der Waals surface area (Å²) >= 11 is 0. The predicted octanol–water partition coefficient (Wildman–Crippen LogP) is 3.74. The fourth-order valence-electron chi connectivity index (χ4n) is 5.09. The van der Waals surface area contributed by atoms with E-state index in [1.54, 1.807) is 31.6 Å². The highest BCUT2D eigenvalue weighted by molar-refractivity contribution is 7.90. The van der Waals surface area contributed by atoms with Gasteiger partial charge >= 0.3 is 10.2 Å². The van der Waals surface area contributed by atoms with E-state index in [-0.39, 0.29) is 12.1 Å². The molecule has 0 aliphatic carbocycles. The summed E-state index contributed by atoms with van der Waals surface area (Å²) in [6.07, 6.45) is 5.88. The number of rotatable bonds is 10. The highest BCUT2D eigenvalue weighted by Gasteiger charge is 2.28. The van der Waals surface area contributed by atoms with Crippen molar-refractivity contribution >= 4 is 38.7 Å². The van der Waals surface area contributed by atoms with Crippen molar-refractivity contribution in [2.75, 3.05) is 49.4 Å². The Balaban J connectivity index is 1.36. The van der Waals surface area contributed by atoms with E-state index in [0.29, 0.717) is 54.3 Å². The molecule has 4 aromatic rings. The first-order chi connectivity index (χ1) is 22.2. The van der Waals surface area contributed by atoms with E-state index in [1.165, 1.54) is 13.2 Å². The highest BCUT2D eigenvalue weighted by atomic mass is 32.2. The number of fused-ring (bicyclic) bond motifs is 1. The second-order valence-electron chi connectivity index (χ2n) is 12.2. The van der Waals surface area contributed by atoms with E-state index in [4.69, 9.17) is 4.74 Å². The Morgan fingerprint density at radius 1 is 1.11 bits per heavy atom. The van der Waals surface area contributed by atoms with Gasteiger partial charge in [-0.25, -0.2) is 23.7 Å². The van der Waals surface area contributed by atoms with Crippen molar-refractivity contribution in [3.05, 3.63) is 65.7 Å². The molecule has 5 rings (SSSR count). The van der Waals surface area contributed by atoms with Crippen LogP contribution in [0.4, 0.5) is 20.4 Å². The third kappa shape index (κ3) is 7.57. The molecular weight excluding hydrogens is 634 g/mol. The van der Waals surface area contributed by atoms with Crippen molar-refractivity contribution in [2.45, 2.75) is 46.1 Å². The molecule has 1 aliphatic heterocycles. The number of aromatic nitrogens is 4. The number of H-pyrrole nitrogens is 1. The van der Waals surface area contributed by atoms with Crippen LogP contribution < -0.4 is 9.62 Å². The molecule has 1 unspecified atom stereocenters. The molecule has 3 N–H and O–H groups in total. The normalized spacial score (nSPS) is 15.6. The summed E-state index contributed by atoms with van der Waals surface area (Å²) in [5.41, 5.74) is -0.531. The van der Waals surface area contributed by atoms with Gasteiger partial charge in [0.1, 0.15) is 11.5 Å². The number of hydrogen-bond donors (Lipinski definition) is 3. The number of aliphatic hydroxyl groups is 1. The van der Waals surface area contributed by atoms with Crippen molar-refractivity contribution in [3.8, 4) is 11.1 Å². The molecule has 1 atom stereocenters. The first-order valence-electron chi connectivity index (χ1n) is 15.1. The number of pyridine rings is 1. The molecule has 3 aromatic heterocycles. The van der Waals surface area contributed by atoms with E-state index in [9.17, 15) is 22.7 Å². The number of carbonyl (C=O) groups is 1. The molecular formula is C31H38F2N8O5S. The lowest BCUT2D eigenvalue weighted by Crippen LogP contribution is -2.43. The van der Waals surface area contributed by atoms with E-state index in [0.717, 1.165) is 22.9 Å². The zero-order valence-electron chi connectivity index (χ0n) is 26.8. The minimum atomic E-state index is -4.13. The van der Waals surface area contributed by atoms with Gasteiger partial charge in [0.15, 0.2) is 5.82 Å². The van der Waals surface area contributed by atoms with Crippen molar-refractivity contribution in [1.29, 1.82) is 0 Å². The zero-order valence-corrected chi connectivity index (χ0v) is 27.6. The van der Waals surface area contributed by atoms with Gasteiger partial charge in [-0.05, 0) is 45.4 Å². The van der Waals surface area contributed by atoms with Crippen molar-refractivity contribution in [3.63, 3.8) is 0 Å². The smallest absolute Gasteiger partial charge is 0.301 e. The second kappa shape index (κ2) is 13.6. The molecule has 4 heterocycles. The van der Waals surface area contributed by atoms with Crippen molar-refractivity contribution in [2.24, 2.45) is 0 Å².